The number of nitrogens with zero attached hydrogens (tertiary/aromatic N) is 3. The van der Waals surface area contributed by atoms with Gasteiger partial charge in [-0.25, -0.2) is 5.32 Å². The number of amides is 1. The van der Waals surface area contributed by atoms with E-state index in [2.05, 4.69) is 15.3 Å². The zero-order valence-electron chi connectivity index (χ0n) is 8.75. The van der Waals surface area contributed by atoms with Crippen LogP contribution in [0.25, 0.3) is 0 Å². The number of rotatable bonds is 2. The molecule has 1 aromatic heterocycles. The van der Waals surface area contributed by atoms with Crippen molar-refractivity contribution in [3.8, 4) is 0 Å². The highest BCUT2D eigenvalue weighted by Gasteiger charge is 2.14. The first-order chi connectivity index (χ1) is 7.79. The number of aromatic nitrogens is 1. The maximum atomic E-state index is 11.7. The topological polar surface area (TPSA) is 56.4 Å². The molecule has 1 aliphatic heterocycles. The Bertz CT molecular complexity index is 454. The lowest BCUT2D eigenvalue weighted by Gasteiger charge is -1.96. The predicted molar refractivity (Wildman–Crippen MR) is 64.1 cm³/mol. The van der Waals surface area contributed by atoms with Crippen LogP contribution in [0.2, 0.25) is 0 Å². The summed E-state index contributed by atoms with van der Waals surface area (Å²) in [6.45, 7) is 2.04. The van der Waals surface area contributed by atoms with Gasteiger partial charge in [0.2, 0.25) is 0 Å². The van der Waals surface area contributed by atoms with Crippen LogP contribution in [0.3, 0.4) is 0 Å². The van der Waals surface area contributed by atoms with Gasteiger partial charge in [0.05, 0.1) is 0 Å². The summed E-state index contributed by atoms with van der Waals surface area (Å²) in [6.07, 6.45) is 5.81. The largest absolute Gasteiger partial charge is 0.279 e. The molecule has 1 aliphatic rings. The number of hydrogen-bond donors (Lipinski definition) is 0. The van der Waals surface area contributed by atoms with Crippen LogP contribution in [0, 0.1) is 0 Å². The molecule has 0 spiro atoms. The number of thioether (sulfide) groups is 1. The monoisotopic (exact) mass is 232 g/mol. The second-order valence-corrected chi connectivity index (χ2v) is 4.21. The van der Waals surface area contributed by atoms with E-state index in [4.69, 9.17) is 0 Å². The van der Waals surface area contributed by atoms with E-state index in [1.807, 2.05) is 6.92 Å². The van der Waals surface area contributed by atoms with E-state index < -0.39 is 0 Å². The van der Waals surface area contributed by atoms with E-state index in [1.165, 1.54) is 11.8 Å². The highest BCUT2D eigenvalue weighted by Crippen LogP contribution is 2.25. The molecule has 0 fully saturated rings. The molecule has 1 aromatic rings. The third-order valence-electron chi connectivity index (χ3n) is 2.01. The van der Waals surface area contributed by atoms with E-state index in [1.54, 1.807) is 30.7 Å². The van der Waals surface area contributed by atoms with Crippen molar-refractivity contribution in [2.75, 3.05) is 0 Å². The maximum absolute atomic E-state index is 11.7. The number of amidine groups is 1. The van der Waals surface area contributed by atoms with Crippen LogP contribution in [-0.2, 0) is 0 Å². The van der Waals surface area contributed by atoms with Crippen LogP contribution in [0.4, 0.5) is 0 Å². The van der Waals surface area contributed by atoms with Gasteiger partial charge in [-0.1, -0.05) is 18.7 Å². The summed E-state index contributed by atoms with van der Waals surface area (Å²) < 4.78 is 0. The van der Waals surface area contributed by atoms with Crippen LogP contribution in [0.15, 0.2) is 40.6 Å². The number of pyridine rings is 1. The molecule has 2 heterocycles. The van der Waals surface area contributed by atoms with Crippen molar-refractivity contribution >= 4 is 22.8 Å². The first kappa shape index (κ1) is 10.9. The standard InChI is InChI=1S/C11H10N3OS/c1-2-9-7-13-11(16-9)14-10(15)8-3-5-12-6-4-8/h3-7H,2H2,1H3. The van der Waals surface area contributed by atoms with Gasteiger partial charge in [0, 0.05) is 29.1 Å². The molecule has 2 rings (SSSR count). The molecule has 0 saturated carbocycles. The molecule has 0 unspecified atom stereocenters. The summed E-state index contributed by atoms with van der Waals surface area (Å²) in [4.78, 5) is 20.6. The Kier molecular flexibility index (Phi) is 3.36. The Morgan fingerprint density at radius 1 is 1.44 bits per heavy atom. The van der Waals surface area contributed by atoms with Gasteiger partial charge in [-0.15, -0.1) is 0 Å². The van der Waals surface area contributed by atoms with Crippen molar-refractivity contribution in [2.45, 2.75) is 13.3 Å². The Labute approximate surface area is 97.9 Å². The second kappa shape index (κ2) is 4.94. The van der Waals surface area contributed by atoms with Crippen LogP contribution in [0.1, 0.15) is 23.7 Å². The molecular weight excluding hydrogens is 222 g/mol. The van der Waals surface area contributed by atoms with Crippen molar-refractivity contribution in [2.24, 2.45) is 4.99 Å². The highest BCUT2D eigenvalue weighted by atomic mass is 32.2. The molecule has 1 radical (unpaired) electrons. The normalized spacial score (nSPS) is 17.1. The number of aliphatic imine (C=N–C) groups is 1. The zero-order valence-corrected chi connectivity index (χ0v) is 9.57. The van der Waals surface area contributed by atoms with E-state index >= 15 is 0 Å². The van der Waals surface area contributed by atoms with Gasteiger partial charge < -0.3 is 0 Å². The van der Waals surface area contributed by atoms with Crippen molar-refractivity contribution in [3.05, 3.63) is 41.2 Å². The first-order valence-electron chi connectivity index (χ1n) is 4.90. The fourth-order valence-electron chi connectivity index (χ4n) is 1.16. The molecule has 0 atom stereocenters. The average molecular weight is 232 g/mol. The molecule has 0 bridgehead atoms. The smallest absolute Gasteiger partial charge is 0.267 e. The SMILES string of the molecule is CCC1=C[N]C(=NC(=O)c2ccncc2)S1. The number of carbonyl (C=O) groups excluding carboxylic acids is 1. The van der Waals surface area contributed by atoms with Gasteiger partial charge in [0.25, 0.3) is 5.91 Å². The highest BCUT2D eigenvalue weighted by molar-refractivity contribution is 8.17. The third-order valence-corrected chi connectivity index (χ3v) is 3.05. The summed E-state index contributed by atoms with van der Waals surface area (Å²) in [5.41, 5.74) is 0.531. The molecule has 4 nitrogen and oxygen atoms in total. The molecular formula is C11H10N3OS. The van der Waals surface area contributed by atoms with Crippen LogP contribution >= 0.6 is 11.8 Å². The average Bonchev–Trinajstić information content (AvgIpc) is 2.78. The molecule has 0 N–H and O–H groups in total. The summed E-state index contributed by atoms with van der Waals surface area (Å²) in [6, 6.07) is 3.28. The van der Waals surface area contributed by atoms with E-state index in [0.717, 1.165) is 11.3 Å². The maximum Gasteiger partial charge on any atom is 0.279 e. The van der Waals surface area contributed by atoms with E-state index in [0.29, 0.717) is 10.7 Å². The molecule has 0 aromatic carbocycles. The van der Waals surface area contributed by atoms with Crippen molar-refractivity contribution in [1.82, 2.24) is 10.3 Å². The lowest BCUT2D eigenvalue weighted by molar-refractivity contribution is 0.100. The van der Waals surface area contributed by atoms with Crippen LogP contribution in [0.5, 0.6) is 0 Å². The minimum atomic E-state index is -0.278. The number of carbonyl (C=O) groups is 1. The Balaban J connectivity index is 2.07. The van der Waals surface area contributed by atoms with E-state index in [-0.39, 0.29) is 5.91 Å². The summed E-state index contributed by atoms with van der Waals surface area (Å²) in [5, 5.41) is 4.58. The summed E-state index contributed by atoms with van der Waals surface area (Å²) >= 11 is 1.44. The van der Waals surface area contributed by atoms with Gasteiger partial charge in [0.1, 0.15) is 0 Å². The predicted octanol–water partition coefficient (Wildman–Crippen LogP) is 2.18. The second-order valence-electron chi connectivity index (χ2n) is 3.12. The van der Waals surface area contributed by atoms with Gasteiger partial charge in [-0.3, -0.25) is 9.78 Å². The molecule has 0 aliphatic carbocycles. The van der Waals surface area contributed by atoms with Crippen molar-refractivity contribution in [1.29, 1.82) is 0 Å². The lowest BCUT2D eigenvalue weighted by Crippen LogP contribution is -2.04. The Morgan fingerprint density at radius 3 is 2.81 bits per heavy atom. The fourth-order valence-corrected chi connectivity index (χ4v) is 1.88. The van der Waals surface area contributed by atoms with Crippen molar-refractivity contribution < 1.29 is 4.79 Å². The molecule has 0 saturated heterocycles. The summed E-state index contributed by atoms with van der Waals surface area (Å²) in [7, 11) is 0. The van der Waals surface area contributed by atoms with Gasteiger partial charge in [-0.05, 0) is 18.6 Å². The van der Waals surface area contributed by atoms with Crippen LogP contribution < -0.4 is 5.32 Å². The zero-order chi connectivity index (χ0) is 11.4. The molecule has 5 heteroatoms. The Morgan fingerprint density at radius 2 is 2.19 bits per heavy atom. The summed E-state index contributed by atoms with van der Waals surface area (Å²) in [5.74, 6) is -0.278. The van der Waals surface area contributed by atoms with Crippen molar-refractivity contribution in [3.63, 3.8) is 0 Å². The Hall–Kier alpha value is -1.62. The quantitative estimate of drug-likeness (QED) is 0.785. The van der Waals surface area contributed by atoms with Gasteiger partial charge in [0.15, 0.2) is 5.17 Å². The number of hydrogen-bond acceptors (Lipinski definition) is 3. The third kappa shape index (κ3) is 2.49. The molecule has 1 amide bonds. The van der Waals surface area contributed by atoms with Crippen LogP contribution in [-0.4, -0.2) is 16.1 Å². The first-order valence-corrected chi connectivity index (χ1v) is 5.72. The fraction of sp³-hybridized carbons (Fsp3) is 0.182. The van der Waals surface area contributed by atoms with Gasteiger partial charge in [-0.2, -0.15) is 4.99 Å². The van der Waals surface area contributed by atoms with E-state index in [9.17, 15) is 4.79 Å². The molecule has 81 valence electrons. The minimum Gasteiger partial charge on any atom is -0.267 e. The molecule has 16 heavy (non-hydrogen) atoms. The minimum absolute atomic E-state index is 0.278. The van der Waals surface area contributed by atoms with Gasteiger partial charge >= 0.3 is 0 Å². The number of allylic oxidation sites excluding steroid dienone is 1. The lowest BCUT2D eigenvalue weighted by atomic mass is 10.3.